The summed E-state index contributed by atoms with van der Waals surface area (Å²) in [5, 5.41) is 12.5. The molecule has 0 saturated heterocycles. The lowest BCUT2D eigenvalue weighted by Crippen LogP contribution is -2.42. The van der Waals surface area contributed by atoms with E-state index < -0.39 is 5.97 Å². The first-order valence-corrected chi connectivity index (χ1v) is 7.73. The molecule has 5 nitrogen and oxygen atoms in total. The number of carbonyl (C=O) groups excluding carboxylic acids is 2. The smallest absolute Gasteiger partial charge is 0.338 e. The second kappa shape index (κ2) is 7.29. The minimum Gasteiger partial charge on any atom is -0.508 e. The molecule has 2 N–H and O–H groups in total. The molecular formula is C17H23NO4. The van der Waals surface area contributed by atoms with Gasteiger partial charge in [-0.15, -0.1) is 0 Å². The van der Waals surface area contributed by atoms with Gasteiger partial charge in [0.2, 0.25) is 0 Å². The molecule has 0 aliphatic heterocycles. The molecule has 0 spiro atoms. The molecule has 2 atom stereocenters. The Morgan fingerprint density at radius 2 is 2.05 bits per heavy atom. The highest BCUT2D eigenvalue weighted by molar-refractivity contribution is 5.91. The van der Waals surface area contributed by atoms with E-state index in [0.717, 1.165) is 19.3 Å². The SMILES string of the molecule is Cc1ccc(C(=O)OCC(=O)NC2CCCCC2C)cc1O. The van der Waals surface area contributed by atoms with Crippen LogP contribution >= 0.6 is 0 Å². The normalized spacial score (nSPS) is 21.2. The van der Waals surface area contributed by atoms with Gasteiger partial charge in [0.05, 0.1) is 5.56 Å². The van der Waals surface area contributed by atoms with Crippen LogP contribution in [0.4, 0.5) is 0 Å². The Hall–Kier alpha value is -2.04. The lowest BCUT2D eigenvalue weighted by atomic mass is 9.86. The first kappa shape index (κ1) is 16.3. The highest BCUT2D eigenvalue weighted by atomic mass is 16.5. The predicted octanol–water partition coefficient (Wildman–Crippen LogP) is 2.55. The number of nitrogens with one attached hydrogen (secondary N) is 1. The maximum Gasteiger partial charge on any atom is 0.338 e. The zero-order chi connectivity index (χ0) is 16.1. The van der Waals surface area contributed by atoms with Crippen molar-refractivity contribution in [1.82, 2.24) is 5.32 Å². The van der Waals surface area contributed by atoms with Crippen LogP contribution in [-0.2, 0) is 9.53 Å². The highest BCUT2D eigenvalue weighted by Gasteiger charge is 2.23. The van der Waals surface area contributed by atoms with Crippen molar-refractivity contribution in [3.05, 3.63) is 29.3 Å². The van der Waals surface area contributed by atoms with E-state index in [1.54, 1.807) is 19.1 Å². The average Bonchev–Trinajstić information content (AvgIpc) is 2.50. The van der Waals surface area contributed by atoms with E-state index in [0.29, 0.717) is 11.5 Å². The van der Waals surface area contributed by atoms with Crippen molar-refractivity contribution < 1.29 is 19.4 Å². The Morgan fingerprint density at radius 3 is 2.73 bits per heavy atom. The summed E-state index contributed by atoms with van der Waals surface area (Å²) in [6.45, 7) is 3.57. The number of amides is 1. The second-order valence-corrected chi connectivity index (χ2v) is 6.01. The van der Waals surface area contributed by atoms with Crippen molar-refractivity contribution in [3.63, 3.8) is 0 Å². The molecule has 1 aliphatic carbocycles. The summed E-state index contributed by atoms with van der Waals surface area (Å²) < 4.78 is 5.00. The molecular weight excluding hydrogens is 282 g/mol. The summed E-state index contributed by atoms with van der Waals surface area (Å²) in [6, 6.07) is 4.72. The Kier molecular flexibility index (Phi) is 5.41. The number of phenolic OH excluding ortho intramolecular Hbond substituents is 1. The van der Waals surface area contributed by atoms with E-state index in [9.17, 15) is 14.7 Å². The summed E-state index contributed by atoms with van der Waals surface area (Å²) in [6.07, 6.45) is 4.43. The van der Waals surface area contributed by atoms with Gasteiger partial charge in [-0.1, -0.05) is 25.8 Å². The van der Waals surface area contributed by atoms with Crippen LogP contribution < -0.4 is 5.32 Å². The minimum absolute atomic E-state index is 0.0370. The first-order valence-electron chi connectivity index (χ1n) is 7.73. The van der Waals surface area contributed by atoms with Crippen LogP contribution in [0.1, 0.15) is 48.5 Å². The van der Waals surface area contributed by atoms with Crippen LogP contribution in [0.3, 0.4) is 0 Å². The Bertz CT molecular complexity index is 556. The number of hydrogen-bond acceptors (Lipinski definition) is 4. The van der Waals surface area contributed by atoms with E-state index in [-0.39, 0.29) is 29.9 Å². The van der Waals surface area contributed by atoms with Crippen LogP contribution in [0, 0.1) is 12.8 Å². The van der Waals surface area contributed by atoms with Crippen LogP contribution in [-0.4, -0.2) is 29.6 Å². The molecule has 1 saturated carbocycles. The van der Waals surface area contributed by atoms with Gasteiger partial charge in [-0.05, 0) is 43.4 Å². The van der Waals surface area contributed by atoms with Crippen LogP contribution in [0.5, 0.6) is 5.75 Å². The molecule has 22 heavy (non-hydrogen) atoms. The summed E-state index contributed by atoms with van der Waals surface area (Å²) in [5.74, 6) is -0.386. The molecule has 1 aromatic rings. The van der Waals surface area contributed by atoms with Crippen molar-refractivity contribution in [3.8, 4) is 5.75 Å². The second-order valence-electron chi connectivity index (χ2n) is 6.01. The lowest BCUT2D eigenvalue weighted by molar-refractivity contribution is -0.125. The third-order valence-electron chi connectivity index (χ3n) is 4.24. The van der Waals surface area contributed by atoms with E-state index in [1.165, 1.54) is 12.5 Å². The van der Waals surface area contributed by atoms with E-state index in [1.807, 2.05) is 0 Å². The van der Waals surface area contributed by atoms with Gasteiger partial charge in [0.1, 0.15) is 5.75 Å². The number of hydrogen-bond donors (Lipinski definition) is 2. The topological polar surface area (TPSA) is 75.6 Å². The first-order chi connectivity index (χ1) is 10.5. The van der Waals surface area contributed by atoms with Gasteiger partial charge in [0.15, 0.2) is 6.61 Å². The van der Waals surface area contributed by atoms with Gasteiger partial charge in [-0.3, -0.25) is 4.79 Å². The number of ether oxygens (including phenoxy) is 1. The summed E-state index contributed by atoms with van der Waals surface area (Å²) in [7, 11) is 0. The monoisotopic (exact) mass is 305 g/mol. The number of rotatable bonds is 4. The molecule has 1 aromatic carbocycles. The number of phenols is 1. The van der Waals surface area contributed by atoms with Crippen LogP contribution in [0.15, 0.2) is 18.2 Å². The van der Waals surface area contributed by atoms with Gasteiger partial charge in [0, 0.05) is 6.04 Å². The fraction of sp³-hybridized carbons (Fsp3) is 0.529. The maximum atomic E-state index is 11.9. The fourth-order valence-electron chi connectivity index (χ4n) is 2.73. The third-order valence-corrected chi connectivity index (χ3v) is 4.24. The van der Waals surface area contributed by atoms with E-state index >= 15 is 0 Å². The predicted molar refractivity (Wildman–Crippen MR) is 82.7 cm³/mol. The van der Waals surface area contributed by atoms with E-state index in [4.69, 9.17) is 4.74 Å². The molecule has 1 aliphatic rings. The van der Waals surface area contributed by atoms with Gasteiger partial charge in [-0.2, -0.15) is 0 Å². The van der Waals surface area contributed by atoms with Crippen molar-refractivity contribution >= 4 is 11.9 Å². The molecule has 120 valence electrons. The Balaban J connectivity index is 1.82. The zero-order valence-electron chi connectivity index (χ0n) is 13.1. The van der Waals surface area contributed by atoms with Gasteiger partial charge in [-0.25, -0.2) is 4.79 Å². The molecule has 1 amide bonds. The number of benzene rings is 1. The summed E-state index contributed by atoms with van der Waals surface area (Å²) in [4.78, 5) is 23.7. The van der Waals surface area contributed by atoms with Crippen LogP contribution in [0.2, 0.25) is 0 Å². The quantitative estimate of drug-likeness (QED) is 0.838. The van der Waals surface area contributed by atoms with Gasteiger partial charge in [0.25, 0.3) is 5.91 Å². The molecule has 5 heteroatoms. The van der Waals surface area contributed by atoms with Gasteiger partial charge >= 0.3 is 5.97 Å². The molecule has 0 bridgehead atoms. The minimum atomic E-state index is -0.609. The number of esters is 1. The van der Waals surface area contributed by atoms with Crippen molar-refractivity contribution in [1.29, 1.82) is 0 Å². The number of aryl methyl sites for hydroxylation is 1. The number of carbonyl (C=O) groups is 2. The molecule has 2 unspecified atom stereocenters. The molecule has 0 heterocycles. The number of aromatic hydroxyl groups is 1. The van der Waals surface area contributed by atoms with Crippen molar-refractivity contribution in [2.24, 2.45) is 5.92 Å². The molecule has 2 rings (SSSR count). The maximum absolute atomic E-state index is 11.9. The standard InChI is InChI=1S/C17H23NO4/c1-11-5-3-4-6-14(11)18-16(20)10-22-17(21)13-8-7-12(2)15(19)9-13/h7-9,11,14,19H,3-6,10H2,1-2H3,(H,18,20). The average molecular weight is 305 g/mol. The Morgan fingerprint density at radius 1 is 1.32 bits per heavy atom. The molecule has 0 radical (unpaired) electrons. The summed E-state index contributed by atoms with van der Waals surface area (Å²) in [5.41, 5.74) is 0.919. The van der Waals surface area contributed by atoms with Gasteiger partial charge < -0.3 is 15.2 Å². The van der Waals surface area contributed by atoms with E-state index in [2.05, 4.69) is 12.2 Å². The van der Waals surface area contributed by atoms with Crippen molar-refractivity contribution in [2.75, 3.05) is 6.61 Å². The molecule has 0 aromatic heterocycles. The Labute approximate surface area is 130 Å². The molecule has 1 fully saturated rings. The summed E-state index contributed by atoms with van der Waals surface area (Å²) >= 11 is 0. The lowest BCUT2D eigenvalue weighted by Gasteiger charge is -2.29. The fourth-order valence-corrected chi connectivity index (χ4v) is 2.73. The highest BCUT2D eigenvalue weighted by Crippen LogP contribution is 2.23. The van der Waals surface area contributed by atoms with Crippen molar-refractivity contribution in [2.45, 2.75) is 45.6 Å². The third kappa shape index (κ3) is 4.23. The zero-order valence-corrected chi connectivity index (χ0v) is 13.1. The van der Waals surface area contributed by atoms with Crippen LogP contribution in [0.25, 0.3) is 0 Å². The largest absolute Gasteiger partial charge is 0.508 e.